The molecule has 4 N–H and O–H groups in total. The maximum Gasteiger partial charge on any atom is 0.276 e. The number of aromatic nitrogens is 2. The zero-order valence-electron chi connectivity index (χ0n) is 14.8. The zero-order chi connectivity index (χ0) is 19.3. The van der Waals surface area contributed by atoms with Crippen LogP contribution < -0.4 is 5.84 Å². The minimum absolute atomic E-state index is 0.0840. The average molecular weight is 370 g/mol. The Kier molecular flexibility index (Phi) is 2.56. The normalized spacial score (nSPS) is 14.3. The third-order valence-electron chi connectivity index (χ3n) is 5.74. The molecule has 0 saturated carbocycles. The van der Waals surface area contributed by atoms with Crippen molar-refractivity contribution in [3.8, 4) is 5.75 Å². The van der Waals surface area contributed by atoms with E-state index in [1.54, 1.807) is 18.2 Å². The Labute approximate surface area is 157 Å². The Balaban J connectivity index is 2.03. The maximum absolute atomic E-state index is 13.0. The number of fused-ring (bicyclic) bond motifs is 10. The van der Waals surface area contributed by atoms with Crippen LogP contribution in [0.1, 0.15) is 20.7 Å². The summed E-state index contributed by atoms with van der Waals surface area (Å²) >= 11 is 0. The summed E-state index contributed by atoms with van der Waals surface area (Å²) in [4.78, 5) is 29.3. The van der Waals surface area contributed by atoms with E-state index in [9.17, 15) is 14.7 Å². The third kappa shape index (κ3) is 1.54. The number of nitrogens with two attached hydrogens (primary N) is 1. The van der Waals surface area contributed by atoms with E-state index < -0.39 is 11.8 Å². The van der Waals surface area contributed by atoms with Crippen molar-refractivity contribution in [3.05, 3.63) is 53.6 Å². The predicted molar refractivity (Wildman–Crippen MR) is 106 cm³/mol. The summed E-state index contributed by atoms with van der Waals surface area (Å²) in [5, 5.41) is 13.6. The lowest BCUT2D eigenvalue weighted by atomic mass is 9.96. The summed E-state index contributed by atoms with van der Waals surface area (Å²) in [6, 6.07) is 12.7. The number of nitrogens with one attached hydrogen (secondary N) is 1. The number of H-pyrrole nitrogens is 1. The van der Waals surface area contributed by atoms with Gasteiger partial charge in [0.1, 0.15) is 5.75 Å². The van der Waals surface area contributed by atoms with Gasteiger partial charge in [0.15, 0.2) is 0 Å². The van der Waals surface area contributed by atoms with E-state index in [4.69, 9.17) is 5.84 Å². The van der Waals surface area contributed by atoms with Crippen LogP contribution in [0.25, 0.3) is 43.6 Å². The van der Waals surface area contributed by atoms with Crippen molar-refractivity contribution in [2.45, 2.75) is 0 Å². The van der Waals surface area contributed by atoms with Gasteiger partial charge in [-0.25, -0.2) is 10.9 Å². The van der Waals surface area contributed by atoms with Crippen molar-refractivity contribution >= 4 is 55.4 Å². The van der Waals surface area contributed by atoms with Gasteiger partial charge in [0.25, 0.3) is 11.8 Å². The minimum Gasteiger partial charge on any atom is -0.508 e. The van der Waals surface area contributed by atoms with Crippen LogP contribution in [-0.4, -0.2) is 31.5 Å². The predicted octanol–water partition coefficient (Wildman–Crippen LogP) is 3.14. The molecule has 1 aliphatic heterocycles. The van der Waals surface area contributed by atoms with Gasteiger partial charge in [-0.1, -0.05) is 18.2 Å². The van der Waals surface area contributed by atoms with E-state index in [1.807, 2.05) is 35.9 Å². The summed E-state index contributed by atoms with van der Waals surface area (Å²) in [7, 11) is 1.93. The number of hydrazine groups is 1. The van der Waals surface area contributed by atoms with Crippen molar-refractivity contribution in [2.75, 3.05) is 0 Å². The molecule has 0 radical (unpaired) electrons. The summed E-state index contributed by atoms with van der Waals surface area (Å²) in [6.07, 6.45) is 0. The molecule has 1 aliphatic rings. The molecule has 0 spiro atoms. The lowest BCUT2D eigenvalue weighted by Gasteiger charge is -2.04. The molecule has 5 aromatic rings. The highest BCUT2D eigenvalue weighted by atomic mass is 16.3. The molecule has 0 atom stereocenters. The van der Waals surface area contributed by atoms with Gasteiger partial charge in [-0.05, 0) is 24.3 Å². The summed E-state index contributed by atoms with van der Waals surface area (Å²) in [5.74, 6) is 4.85. The van der Waals surface area contributed by atoms with E-state index >= 15 is 0 Å². The van der Waals surface area contributed by atoms with Crippen LogP contribution in [-0.2, 0) is 7.05 Å². The van der Waals surface area contributed by atoms with Crippen LogP contribution in [0.5, 0.6) is 5.75 Å². The van der Waals surface area contributed by atoms with E-state index in [0.29, 0.717) is 26.7 Å². The largest absolute Gasteiger partial charge is 0.508 e. The first-order chi connectivity index (χ1) is 13.5. The molecule has 7 heteroatoms. The quantitative estimate of drug-likeness (QED) is 0.221. The molecule has 0 bridgehead atoms. The van der Waals surface area contributed by atoms with Gasteiger partial charge in [0.05, 0.1) is 22.2 Å². The second-order valence-corrected chi connectivity index (χ2v) is 7.13. The molecule has 0 aliphatic carbocycles. The molecule has 2 aromatic heterocycles. The topological polar surface area (TPSA) is 104 Å². The molecule has 3 heterocycles. The number of nitrogens with zero attached hydrogens (tertiary/aromatic N) is 2. The van der Waals surface area contributed by atoms with E-state index in [-0.39, 0.29) is 11.3 Å². The van der Waals surface area contributed by atoms with Gasteiger partial charge in [0.2, 0.25) is 0 Å². The number of carbonyl (C=O) groups excluding carboxylic acids is 2. The number of rotatable bonds is 0. The van der Waals surface area contributed by atoms with E-state index in [2.05, 4.69) is 4.98 Å². The first kappa shape index (κ1) is 15.2. The maximum atomic E-state index is 13.0. The lowest BCUT2D eigenvalue weighted by Crippen LogP contribution is -2.36. The van der Waals surface area contributed by atoms with Gasteiger partial charge in [-0.15, -0.1) is 0 Å². The fourth-order valence-corrected chi connectivity index (χ4v) is 4.57. The molecular formula is C21H14N4O3. The summed E-state index contributed by atoms with van der Waals surface area (Å²) in [5.41, 5.74) is 3.87. The van der Waals surface area contributed by atoms with Gasteiger partial charge in [0, 0.05) is 39.6 Å². The highest BCUT2D eigenvalue weighted by Gasteiger charge is 2.40. The van der Waals surface area contributed by atoms with Crippen LogP contribution in [0.4, 0.5) is 0 Å². The smallest absolute Gasteiger partial charge is 0.276 e. The molecular weight excluding hydrogens is 356 g/mol. The van der Waals surface area contributed by atoms with Gasteiger partial charge in [-0.3, -0.25) is 9.59 Å². The number of phenols is 1. The fraction of sp³-hybridized carbons (Fsp3) is 0.0476. The Morgan fingerprint density at radius 3 is 2.46 bits per heavy atom. The number of benzene rings is 3. The Morgan fingerprint density at radius 1 is 0.964 bits per heavy atom. The highest BCUT2D eigenvalue weighted by Crippen LogP contribution is 2.44. The highest BCUT2D eigenvalue weighted by molar-refractivity contribution is 6.39. The second kappa shape index (κ2) is 4.71. The first-order valence-corrected chi connectivity index (χ1v) is 8.80. The molecule has 136 valence electrons. The molecule has 0 unspecified atom stereocenters. The van der Waals surface area contributed by atoms with Gasteiger partial charge >= 0.3 is 0 Å². The number of aromatic hydroxyl groups is 1. The van der Waals surface area contributed by atoms with E-state index in [0.717, 1.165) is 27.5 Å². The van der Waals surface area contributed by atoms with Crippen LogP contribution in [0.2, 0.25) is 0 Å². The molecule has 0 saturated heterocycles. The summed E-state index contributed by atoms with van der Waals surface area (Å²) < 4.78 is 2.01. The number of carbonyl (C=O) groups is 2. The molecule has 6 rings (SSSR count). The fourth-order valence-electron chi connectivity index (χ4n) is 4.57. The molecule has 3 aromatic carbocycles. The number of amides is 2. The van der Waals surface area contributed by atoms with Crippen molar-refractivity contribution < 1.29 is 14.7 Å². The van der Waals surface area contributed by atoms with Crippen molar-refractivity contribution in [1.82, 2.24) is 14.6 Å². The number of aryl methyl sites for hydroxylation is 1. The Morgan fingerprint density at radius 2 is 1.68 bits per heavy atom. The van der Waals surface area contributed by atoms with Crippen LogP contribution in [0.3, 0.4) is 0 Å². The monoisotopic (exact) mass is 370 g/mol. The number of aromatic amines is 1. The number of hydrogen-bond donors (Lipinski definition) is 3. The zero-order valence-corrected chi connectivity index (χ0v) is 14.8. The van der Waals surface area contributed by atoms with Crippen LogP contribution in [0.15, 0.2) is 42.5 Å². The first-order valence-electron chi connectivity index (χ1n) is 8.80. The Bertz CT molecular complexity index is 1540. The van der Waals surface area contributed by atoms with Gasteiger partial charge < -0.3 is 14.7 Å². The van der Waals surface area contributed by atoms with Crippen LogP contribution in [0, 0.1) is 0 Å². The lowest BCUT2D eigenvalue weighted by molar-refractivity contribution is 0.0655. The molecule has 28 heavy (non-hydrogen) atoms. The molecule has 2 amide bonds. The standard InChI is InChI=1S/C21H14N4O3/c1-24-13-5-3-2-4-10(13)15-17-16(20(27)25(22)21(17)28)14-11-8-9(26)6-7-12(11)23-18(14)19(15)24/h2-8,23,26H,22H2,1H3. The summed E-state index contributed by atoms with van der Waals surface area (Å²) in [6.45, 7) is 0. The number of hydrogen-bond acceptors (Lipinski definition) is 4. The number of para-hydroxylation sites is 1. The number of imide groups is 1. The van der Waals surface area contributed by atoms with Crippen molar-refractivity contribution in [2.24, 2.45) is 12.9 Å². The minimum atomic E-state index is -0.538. The second-order valence-electron chi connectivity index (χ2n) is 7.13. The Hall–Kier alpha value is -3.84. The SMILES string of the molecule is Cn1c2ccccc2c2c3c(c4c5cc(O)ccc5[nH]c4c21)C(=O)N(N)C3=O. The molecule has 0 fully saturated rings. The van der Waals surface area contributed by atoms with Gasteiger partial charge in [-0.2, -0.15) is 0 Å². The molecule has 7 nitrogen and oxygen atoms in total. The number of phenolic OH excluding ortho intramolecular Hbond substituents is 1. The van der Waals surface area contributed by atoms with E-state index in [1.165, 1.54) is 0 Å². The van der Waals surface area contributed by atoms with Crippen molar-refractivity contribution in [3.63, 3.8) is 0 Å². The van der Waals surface area contributed by atoms with Crippen LogP contribution >= 0.6 is 0 Å². The van der Waals surface area contributed by atoms with Crippen molar-refractivity contribution in [1.29, 1.82) is 0 Å². The third-order valence-corrected chi connectivity index (χ3v) is 5.74. The average Bonchev–Trinajstić information content (AvgIpc) is 3.28.